The Morgan fingerprint density at radius 2 is 1.73 bits per heavy atom. The zero-order valence-corrected chi connectivity index (χ0v) is 16.5. The fraction of sp³-hybridized carbons (Fsp3) is 0.316. The quantitative estimate of drug-likeness (QED) is 0.548. The van der Waals surface area contributed by atoms with Gasteiger partial charge in [-0.15, -0.1) is 4.40 Å². The van der Waals surface area contributed by atoms with Crippen LogP contribution in [0.15, 0.2) is 45.7 Å². The molecule has 6 nitrogen and oxygen atoms in total. The summed E-state index contributed by atoms with van der Waals surface area (Å²) in [7, 11) is 1.16. The summed E-state index contributed by atoms with van der Waals surface area (Å²) in [6, 6.07) is 10.5. The second-order valence-corrected chi connectivity index (χ2v) is 7.88. The van der Waals surface area contributed by atoms with E-state index in [1.54, 1.807) is 25.1 Å². The highest BCUT2D eigenvalue weighted by Gasteiger charge is 2.16. The van der Waals surface area contributed by atoms with Crippen LogP contribution in [0.1, 0.15) is 16.7 Å². The van der Waals surface area contributed by atoms with Crippen molar-refractivity contribution in [3.8, 4) is 11.5 Å². The van der Waals surface area contributed by atoms with Crippen LogP contribution in [0.4, 0.5) is 0 Å². The van der Waals surface area contributed by atoms with E-state index in [1.807, 2.05) is 26.0 Å². The first-order valence-corrected chi connectivity index (χ1v) is 9.50. The fourth-order valence-electron chi connectivity index (χ4n) is 2.42. The first kappa shape index (κ1) is 19.8. The molecule has 0 radical (unpaired) electrons. The number of sulfonamides is 1. The van der Waals surface area contributed by atoms with Crippen molar-refractivity contribution < 1.29 is 17.9 Å². The zero-order chi connectivity index (χ0) is 19.3. The topological polar surface area (TPSA) is 68.2 Å². The summed E-state index contributed by atoms with van der Waals surface area (Å²) >= 11 is 0. The number of hydrogen-bond acceptors (Lipinski definition) is 4. The number of aryl methyl sites for hydroxylation is 2. The van der Waals surface area contributed by atoms with Crippen LogP contribution in [-0.4, -0.2) is 40.9 Å². The van der Waals surface area contributed by atoms with Gasteiger partial charge in [0.25, 0.3) is 10.0 Å². The Morgan fingerprint density at radius 3 is 2.31 bits per heavy atom. The molecular formula is C19H24N2O4S. The average Bonchev–Trinajstić information content (AvgIpc) is 2.57. The van der Waals surface area contributed by atoms with Gasteiger partial charge in [0, 0.05) is 19.7 Å². The molecule has 0 N–H and O–H groups in total. The smallest absolute Gasteiger partial charge is 0.283 e. The molecule has 0 fully saturated rings. The molecule has 0 heterocycles. The number of methoxy groups -OCH3 is 1. The van der Waals surface area contributed by atoms with Crippen molar-refractivity contribution in [3.63, 3.8) is 0 Å². The SMILES string of the molecule is COc1ccc(S(=O)(=O)/N=C/N(C)C)cc1COc1cc(C)cc(C)c1. The molecule has 0 aromatic heterocycles. The molecule has 0 aliphatic rings. The van der Waals surface area contributed by atoms with Crippen LogP contribution in [-0.2, 0) is 16.6 Å². The van der Waals surface area contributed by atoms with Gasteiger partial charge in [0.15, 0.2) is 0 Å². The molecule has 0 aliphatic carbocycles. The maximum atomic E-state index is 12.3. The molecule has 2 rings (SSSR count). The lowest BCUT2D eigenvalue weighted by atomic mass is 10.1. The third-order valence-electron chi connectivity index (χ3n) is 3.56. The minimum Gasteiger partial charge on any atom is -0.496 e. The van der Waals surface area contributed by atoms with Crippen LogP contribution in [0.25, 0.3) is 0 Å². The van der Waals surface area contributed by atoms with Crippen molar-refractivity contribution in [1.29, 1.82) is 0 Å². The largest absolute Gasteiger partial charge is 0.496 e. The number of hydrogen-bond donors (Lipinski definition) is 0. The number of rotatable bonds is 7. The second kappa shape index (κ2) is 8.23. The first-order chi connectivity index (χ1) is 12.2. The van der Waals surface area contributed by atoms with Gasteiger partial charge in [0.05, 0.1) is 12.0 Å². The van der Waals surface area contributed by atoms with Crippen LogP contribution < -0.4 is 9.47 Å². The molecule has 0 unspecified atom stereocenters. The minimum atomic E-state index is -3.78. The maximum absolute atomic E-state index is 12.3. The molecule has 0 atom stereocenters. The summed E-state index contributed by atoms with van der Waals surface area (Å²) in [5.41, 5.74) is 2.83. The Bertz CT molecular complexity index is 886. The van der Waals surface area contributed by atoms with Crippen LogP contribution in [0, 0.1) is 13.8 Å². The highest BCUT2D eigenvalue weighted by atomic mass is 32.2. The molecule has 0 spiro atoms. The van der Waals surface area contributed by atoms with Gasteiger partial charge in [-0.25, -0.2) is 0 Å². The third-order valence-corrected chi connectivity index (χ3v) is 4.78. The molecule has 26 heavy (non-hydrogen) atoms. The van der Waals surface area contributed by atoms with Gasteiger partial charge >= 0.3 is 0 Å². The van der Waals surface area contributed by atoms with Gasteiger partial charge in [0.1, 0.15) is 24.4 Å². The van der Waals surface area contributed by atoms with E-state index >= 15 is 0 Å². The lowest BCUT2D eigenvalue weighted by Crippen LogP contribution is -2.10. The van der Waals surface area contributed by atoms with Crippen molar-refractivity contribution in [3.05, 3.63) is 53.1 Å². The van der Waals surface area contributed by atoms with Gasteiger partial charge in [-0.3, -0.25) is 0 Å². The summed E-state index contributed by atoms with van der Waals surface area (Å²) in [5, 5.41) is 0. The van der Waals surface area contributed by atoms with Gasteiger partial charge in [-0.1, -0.05) is 6.07 Å². The Hall–Kier alpha value is -2.54. The van der Waals surface area contributed by atoms with Crippen LogP contribution in [0.3, 0.4) is 0 Å². The van der Waals surface area contributed by atoms with E-state index in [0.29, 0.717) is 11.3 Å². The molecule has 0 bridgehead atoms. The van der Waals surface area contributed by atoms with Crippen LogP contribution in [0.5, 0.6) is 11.5 Å². The van der Waals surface area contributed by atoms with E-state index in [9.17, 15) is 8.42 Å². The summed E-state index contributed by atoms with van der Waals surface area (Å²) < 4.78 is 39.5. The lowest BCUT2D eigenvalue weighted by molar-refractivity contribution is 0.296. The second-order valence-electron chi connectivity index (χ2n) is 6.25. The van der Waals surface area contributed by atoms with E-state index < -0.39 is 10.0 Å². The monoisotopic (exact) mass is 376 g/mol. The molecule has 0 saturated carbocycles. The fourth-order valence-corrected chi connectivity index (χ4v) is 3.39. The Balaban J connectivity index is 2.29. The van der Waals surface area contributed by atoms with E-state index in [1.165, 1.54) is 25.6 Å². The molecule has 2 aromatic carbocycles. The first-order valence-electron chi connectivity index (χ1n) is 8.06. The van der Waals surface area contributed by atoms with Crippen molar-refractivity contribution >= 4 is 16.4 Å². The van der Waals surface area contributed by atoms with Gasteiger partial charge in [-0.05, 0) is 55.3 Å². The lowest BCUT2D eigenvalue weighted by Gasteiger charge is -2.12. The number of nitrogens with zero attached hydrogens (tertiary/aromatic N) is 2. The van der Waals surface area contributed by atoms with Crippen molar-refractivity contribution in [2.75, 3.05) is 21.2 Å². The van der Waals surface area contributed by atoms with Crippen molar-refractivity contribution in [2.45, 2.75) is 25.3 Å². The van der Waals surface area contributed by atoms with Crippen molar-refractivity contribution in [1.82, 2.24) is 4.90 Å². The zero-order valence-electron chi connectivity index (χ0n) is 15.7. The van der Waals surface area contributed by atoms with Crippen molar-refractivity contribution in [2.24, 2.45) is 4.40 Å². The van der Waals surface area contributed by atoms with Crippen LogP contribution >= 0.6 is 0 Å². The molecule has 7 heteroatoms. The predicted octanol–water partition coefficient (Wildman–Crippen LogP) is 3.17. The summed E-state index contributed by atoms with van der Waals surface area (Å²) in [6.07, 6.45) is 1.26. The number of ether oxygens (including phenoxy) is 2. The minimum absolute atomic E-state index is 0.0930. The van der Waals surface area contributed by atoms with E-state index in [2.05, 4.69) is 10.5 Å². The van der Waals surface area contributed by atoms with Gasteiger partial charge in [-0.2, -0.15) is 8.42 Å². The predicted molar refractivity (Wildman–Crippen MR) is 103 cm³/mol. The highest BCUT2D eigenvalue weighted by Crippen LogP contribution is 2.26. The molecule has 2 aromatic rings. The molecular weight excluding hydrogens is 352 g/mol. The molecule has 0 saturated heterocycles. The Labute approximate surface area is 155 Å². The van der Waals surface area contributed by atoms with Gasteiger partial charge in [0.2, 0.25) is 0 Å². The van der Waals surface area contributed by atoms with E-state index in [-0.39, 0.29) is 11.5 Å². The molecule has 0 amide bonds. The highest BCUT2D eigenvalue weighted by molar-refractivity contribution is 7.90. The summed E-state index contributed by atoms with van der Waals surface area (Å²) in [5.74, 6) is 1.29. The third kappa shape index (κ3) is 5.23. The molecule has 140 valence electrons. The normalized spacial score (nSPS) is 11.6. The Morgan fingerprint density at radius 1 is 1.08 bits per heavy atom. The summed E-state index contributed by atoms with van der Waals surface area (Å²) in [6.45, 7) is 4.18. The molecule has 0 aliphatic heterocycles. The average molecular weight is 376 g/mol. The maximum Gasteiger partial charge on any atom is 0.283 e. The van der Waals surface area contributed by atoms with Gasteiger partial charge < -0.3 is 14.4 Å². The van der Waals surface area contributed by atoms with E-state index in [0.717, 1.165) is 16.9 Å². The van der Waals surface area contributed by atoms with E-state index in [4.69, 9.17) is 9.47 Å². The Kier molecular flexibility index (Phi) is 6.26. The standard InChI is InChI=1S/C19H24N2O4S/c1-14-8-15(2)10-17(9-14)25-12-16-11-18(6-7-19(16)24-5)26(22,23)20-13-21(3)4/h6-11,13H,12H2,1-5H3/b20-13+. The van der Waals surface area contributed by atoms with Crippen LogP contribution in [0.2, 0.25) is 0 Å². The number of benzene rings is 2. The summed E-state index contributed by atoms with van der Waals surface area (Å²) in [4.78, 5) is 1.65.